The van der Waals surface area contributed by atoms with E-state index in [1.807, 2.05) is 42.4 Å². The van der Waals surface area contributed by atoms with E-state index in [0.29, 0.717) is 13.0 Å². The van der Waals surface area contributed by atoms with Crippen LogP contribution in [0.25, 0.3) is 0 Å². The summed E-state index contributed by atoms with van der Waals surface area (Å²) < 4.78 is 0. The number of aliphatic imine (C=N–C) groups is 1. The van der Waals surface area contributed by atoms with Gasteiger partial charge in [0.25, 0.3) is 0 Å². The van der Waals surface area contributed by atoms with Crippen molar-refractivity contribution < 1.29 is 4.79 Å². The Balaban J connectivity index is 1.96. The van der Waals surface area contributed by atoms with Crippen molar-refractivity contribution in [2.24, 2.45) is 4.99 Å². The molecule has 2 heterocycles. The van der Waals surface area contributed by atoms with Gasteiger partial charge >= 0.3 is 0 Å². The number of nitrogens with zero attached hydrogens (tertiary/aromatic N) is 3. The summed E-state index contributed by atoms with van der Waals surface area (Å²) >= 11 is 0. The molecule has 0 saturated heterocycles. The second-order valence-corrected chi connectivity index (χ2v) is 5.10. The minimum atomic E-state index is 0.169. The van der Waals surface area contributed by atoms with Gasteiger partial charge in [0.1, 0.15) is 5.82 Å². The van der Waals surface area contributed by atoms with Crippen LogP contribution in [0.3, 0.4) is 0 Å². The average molecular weight is 284 g/mol. The van der Waals surface area contributed by atoms with Crippen LogP contribution < -0.4 is 15.1 Å². The highest BCUT2D eigenvalue weighted by atomic mass is 16.2. The molecule has 110 valence electrons. The molecular formula is C16H20N4O. The third kappa shape index (κ3) is 2.63. The van der Waals surface area contributed by atoms with Crippen LogP contribution in [0.4, 0.5) is 11.4 Å². The van der Waals surface area contributed by atoms with Crippen molar-refractivity contribution in [3.63, 3.8) is 0 Å². The van der Waals surface area contributed by atoms with Crippen LogP contribution in [0.1, 0.15) is 19.8 Å². The molecule has 1 aromatic carbocycles. The van der Waals surface area contributed by atoms with Crippen LogP contribution in [-0.4, -0.2) is 31.8 Å². The predicted molar refractivity (Wildman–Crippen MR) is 85.6 cm³/mol. The number of anilines is 2. The monoisotopic (exact) mass is 284 g/mol. The van der Waals surface area contributed by atoms with E-state index in [4.69, 9.17) is 0 Å². The minimum absolute atomic E-state index is 0.169. The van der Waals surface area contributed by atoms with Crippen LogP contribution in [0.15, 0.2) is 41.3 Å². The highest BCUT2D eigenvalue weighted by Crippen LogP contribution is 2.34. The van der Waals surface area contributed by atoms with Crippen LogP contribution in [0, 0.1) is 0 Å². The molecule has 2 aliphatic rings. The normalized spacial score (nSPS) is 17.7. The molecule has 1 N–H and O–H groups in total. The molecule has 0 saturated carbocycles. The van der Waals surface area contributed by atoms with E-state index in [2.05, 4.69) is 21.3 Å². The first-order chi connectivity index (χ1) is 10.3. The van der Waals surface area contributed by atoms with E-state index < -0.39 is 0 Å². The van der Waals surface area contributed by atoms with Crippen LogP contribution in [0.5, 0.6) is 0 Å². The Morgan fingerprint density at radius 2 is 2.10 bits per heavy atom. The van der Waals surface area contributed by atoms with E-state index in [0.717, 1.165) is 36.7 Å². The fourth-order valence-electron chi connectivity index (χ4n) is 2.74. The molecule has 21 heavy (non-hydrogen) atoms. The molecule has 0 spiro atoms. The van der Waals surface area contributed by atoms with E-state index in [-0.39, 0.29) is 5.91 Å². The number of benzene rings is 1. The molecular weight excluding hydrogens is 264 g/mol. The highest BCUT2D eigenvalue weighted by Gasteiger charge is 2.27. The van der Waals surface area contributed by atoms with Crippen molar-refractivity contribution in [3.05, 3.63) is 36.3 Å². The van der Waals surface area contributed by atoms with Crippen LogP contribution in [0.2, 0.25) is 0 Å². The Morgan fingerprint density at radius 3 is 2.90 bits per heavy atom. The van der Waals surface area contributed by atoms with Gasteiger partial charge in [-0.1, -0.05) is 19.1 Å². The fraction of sp³-hybridized carbons (Fsp3) is 0.375. The molecule has 0 bridgehead atoms. The molecule has 1 amide bonds. The number of rotatable bonds is 2. The van der Waals surface area contributed by atoms with Crippen molar-refractivity contribution >= 4 is 23.5 Å². The number of carbonyl (C=O) groups is 1. The average Bonchev–Trinajstić information content (AvgIpc) is 2.82. The summed E-state index contributed by atoms with van der Waals surface area (Å²) in [6.45, 7) is 4.26. The van der Waals surface area contributed by atoms with Gasteiger partial charge in [0.15, 0.2) is 0 Å². The summed E-state index contributed by atoms with van der Waals surface area (Å²) in [6.07, 6.45) is 5.24. The van der Waals surface area contributed by atoms with Gasteiger partial charge in [-0.15, -0.1) is 0 Å². The SMILES string of the molecule is CCC(=O)N1CCN(C2=CN=CCCN2)c2ccccc21. The molecule has 0 radical (unpaired) electrons. The smallest absolute Gasteiger partial charge is 0.226 e. The lowest BCUT2D eigenvalue weighted by Crippen LogP contribution is -2.45. The van der Waals surface area contributed by atoms with Gasteiger partial charge in [-0.25, -0.2) is 0 Å². The first kappa shape index (κ1) is 13.7. The zero-order valence-electron chi connectivity index (χ0n) is 12.2. The second kappa shape index (κ2) is 5.99. The third-order valence-electron chi connectivity index (χ3n) is 3.79. The summed E-state index contributed by atoms with van der Waals surface area (Å²) in [6, 6.07) is 8.05. The van der Waals surface area contributed by atoms with Crippen molar-refractivity contribution in [3.8, 4) is 0 Å². The van der Waals surface area contributed by atoms with Gasteiger partial charge in [0.2, 0.25) is 5.91 Å². The molecule has 5 heteroatoms. The number of nitrogens with one attached hydrogen (secondary N) is 1. The Morgan fingerprint density at radius 1 is 1.29 bits per heavy atom. The number of hydrogen-bond acceptors (Lipinski definition) is 4. The van der Waals surface area contributed by atoms with Gasteiger partial charge in [-0.2, -0.15) is 0 Å². The van der Waals surface area contributed by atoms with E-state index in [9.17, 15) is 4.79 Å². The third-order valence-corrected chi connectivity index (χ3v) is 3.79. The Bertz CT molecular complexity index is 594. The quantitative estimate of drug-likeness (QED) is 0.905. The summed E-state index contributed by atoms with van der Waals surface area (Å²) in [5.74, 6) is 1.17. The summed E-state index contributed by atoms with van der Waals surface area (Å²) in [4.78, 5) is 20.5. The van der Waals surface area contributed by atoms with E-state index >= 15 is 0 Å². The summed E-state index contributed by atoms with van der Waals surface area (Å²) in [5, 5.41) is 3.41. The van der Waals surface area contributed by atoms with Gasteiger partial charge in [-0.05, 0) is 12.1 Å². The van der Waals surface area contributed by atoms with Crippen molar-refractivity contribution in [2.75, 3.05) is 29.4 Å². The standard InChI is InChI=1S/C16H20N4O/c1-2-16(21)20-11-10-19(13-6-3-4-7-14(13)20)15-12-17-8-5-9-18-15/h3-4,6-8,12,18H,2,5,9-11H2,1H3. The van der Waals surface area contributed by atoms with Crippen molar-refractivity contribution in [1.82, 2.24) is 5.32 Å². The zero-order chi connectivity index (χ0) is 14.7. The van der Waals surface area contributed by atoms with Crippen molar-refractivity contribution in [2.45, 2.75) is 19.8 Å². The number of para-hydroxylation sites is 2. The number of hydrogen-bond donors (Lipinski definition) is 1. The van der Waals surface area contributed by atoms with Crippen LogP contribution in [-0.2, 0) is 4.79 Å². The molecule has 0 unspecified atom stereocenters. The maximum absolute atomic E-state index is 12.1. The van der Waals surface area contributed by atoms with Gasteiger partial charge in [0, 0.05) is 38.7 Å². The molecule has 1 aromatic rings. The number of carbonyl (C=O) groups excluding carboxylic acids is 1. The summed E-state index contributed by atoms with van der Waals surface area (Å²) in [7, 11) is 0. The molecule has 2 aliphatic heterocycles. The Hall–Kier alpha value is -2.30. The van der Waals surface area contributed by atoms with Gasteiger partial charge < -0.3 is 15.1 Å². The van der Waals surface area contributed by atoms with Gasteiger partial charge in [0.05, 0.1) is 17.6 Å². The molecule has 5 nitrogen and oxygen atoms in total. The largest absolute Gasteiger partial charge is 0.370 e. The molecule has 0 aliphatic carbocycles. The second-order valence-electron chi connectivity index (χ2n) is 5.10. The number of amides is 1. The first-order valence-electron chi connectivity index (χ1n) is 7.44. The maximum Gasteiger partial charge on any atom is 0.226 e. The lowest BCUT2D eigenvalue weighted by Gasteiger charge is -2.38. The Kier molecular flexibility index (Phi) is 3.90. The highest BCUT2D eigenvalue weighted by molar-refractivity contribution is 5.98. The van der Waals surface area contributed by atoms with E-state index in [1.54, 1.807) is 0 Å². The maximum atomic E-state index is 12.1. The lowest BCUT2D eigenvalue weighted by molar-refractivity contribution is -0.118. The topological polar surface area (TPSA) is 47.9 Å². The summed E-state index contributed by atoms with van der Waals surface area (Å²) in [5.41, 5.74) is 2.04. The first-order valence-corrected chi connectivity index (χ1v) is 7.44. The van der Waals surface area contributed by atoms with Crippen LogP contribution >= 0.6 is 0 Å². The molecule has 0 atom stereocenters. The van der Waals surface area contributed by atoms with Crippen molar-refractivity contribution in [1.29, 1.82) is 0 Å². The fourth-order valence-corrected chi connectivity index (χ4v) is 2.74. The molecule has 0 aromatic heterocycles. The molecule has 0 fully saturated rings. The zero-order valence-corrected chi connectivity index (χ0v) is 12.2. The minimum Gasteiger partial charge on any atom is -0.370 e. The lowest BCUT2D eigenvalue weighted by atomic mass is 10.1. The van der Waals surface area contributed by atoms with E-state index in [1.165, 1.54) is 0 Å². The van der Waals surface area contributed by atoms with Gasteiger partial charge in [-0.3, -0.25) is 9.79 Å². The molecule has 3 rings (SSSR count). The predicted octanol–water partition coefficient (Wildman–Crippen LogP) is 2.11. The Labute approximate surface area is 125 Å². The number of fused-ring (bicyclic) bond motifs is 1.